The molecule has 0 atom stereocenters. The molecule has 3 N–H and O–H groups in total. The molecule has 4 rings (SSSR count). The van der Waals surface area contributed by atoms with Gasteiger partial charge in [-0.15, -0.1) is 0 Å². The number of rotatable bonds is 7. The Morgan fingerprint density at radius 2 is 1.70 bits per heavy atom. The van der Waals surface area contributed by atoms with Crippen molar-refractivity contribution in [2.24, 2.45) is 0 Å². The van der Waals surface area contributed by atoms with Crippen molar-refractivity contribution in [1.29, 1.82) is 0 Å². The number of aryl methyl sites for hydroxylation is 1. The van der Waals surface area contributed by atoms with Crippen LogP contribution in [0.25, 0.3) is 0 Å². The van der Waals surface area contributed by atoms with Crippen LogP contribution in [0, 0.1) is 13.8 Å². The first-order valence-corrected chi connectivity index (χ1v) is 11.2. The van der Waals surface area contributed by atoms with Gasteiger partial charge in [0.2, 0.25) is 5.78 Å². The van der Waals surface area contributed by atoms with E-state index in [4.69, 9.17) is 11.6 Å². The Labute approximate surface area is 182 Å². The minimum Gasteiger partial charge on any atom is -0.345 e. The summed E-state index contributed by atoms with van der Waals surface area (Å²) in [4.78, 5) is 27.8. The first-order valence-electron chi connectivity index (χ1n) is 10.9. The second kappa shape index (κ2) is 8.92. The van der Waals surface area contributed by atoms with E-state index in [9.17, 15) is 9.59 Å². The van der Waals surface area contributed by atoms with E-state index >= 15 is 0 Å². The molecule has 160 valence electrons. The number of Topliss-reactive ketones (excluding diaryl/α,β-unsaturated/α-hetero) is 1. The lowest BCUT2D eigenvalue weighted by molar-refractivity contribution is -1.00. The third-order valence-electron chi connectivity index (χ3n) is 6.33. The van der Waals surface area contributed by atoms with Gasteiger partial charge in [0.05, 0.1) is 10.7 Å². The van der Waals surface area contributed by atoms with Crippen molar-refractivity contribution in [3.63, 3.8) is 0 Å². The number of anilines is 1. The maximum absolute atomic E-state index is 12.9. The number of benzene rings is 1. The molecule has 0 spiro atoms. The fraction of sp³-hybridized carbons (Fsp3) is 0.478. The standard InChI is InChI=1S/C23H29ClN4O2/c1-16-13-19(17(2)28(16)18-7-8-18)22(29)14-26-9-11-27(12-10-26)15-23(30)25-21-6-4-3-5-20(21)24/h3-6,13,18H,7-12,14-15H2,1-2H3,(H,25,30)/p+2. The van der Waals surface area contributed by atoms with Crippen LogP contribution >= 0.6 is 11.6 Å². The van der Waals surface area contributed by atoms with Crippen LogP contribution in [0.4, 0.5) is 5.69 Å². The molecule has 2 aromatic rings. The van der Waals surface area contributed by atoms with Gasteiger partial charge in [0.1, 0.15) is 32.7 Å². The van der Waals surface area contributed by atoms with Crippen LogP contribution in [0.2, 0.25) is 5.02 Å². The molecule has 6 nitrogen and oxygen atoms in total. The molecule has 1 aromatic heterocycles. The van der Waals surface area contributed by atoms with E-state index in [1.165, 1.54) is 28.3 Å². The topological polar surface area (TPSA) is 60.0 Å². The Balaban J connectivity index is 1.26. The normalized spacial score (nSPS) is 21.4. The summed E-state index contributed by atoms with van der Waals surface area (Å²) in [6, 6.07) is 9.94. The van der Waals surface area contributed by atoms with Crippen molar-refractivity contribution in [3.05, 3.63) is 52.3 Å². The number of carbonyl (C=O) groups is 2. The maximum Gasteiger partial charge on any atom is 0.279 e. The van der Waals surface area contributed by atoms with Gasteiger partial charge in [-0.25, -0.2) is 0 Å². The molecule has 1 saturated heterocycles. The third-order valence-corrected chi connectivity index (χ3v) is 6.66. The predicted octanol–water partition coefficient (Wildman–Crippen LogP) is 0.698. The molecule has 2 aliphatic rings. The first kappa shape index (κ1) is 21.1. The third kappa shape index (κ3) is 4.77. The Hall–Kier alpha value is -2.15. The van der Waals surface area contributed by atoms with E-state index in [0.29, 0.717) is 29.8 Å². The number of hydrogen-bond acceptors (Lipinski definition) is 2. The van der Waals surface area contributed by atoms with Crippen LogP contribution in [0.15, 0.2) is 30.3 Å². The van der Waals surface area contributed by atoms with Gasteiger partial charge in [0, 0.05) is 23.0 Å². The van der Waals surface area contributed by atoms with E-state index in [0.717, 1.165) is 37.4 Å². The van der Waals surface area contributed by atoms with Gasteiger partial charge in [-0.1, -0.05) is 23.7 Å². The number of halogens is 1. The van der Waals surface area contributed by atoms with E-state index in [2.05, 4.69) is 29.8 Å². The smallest absolute Gasteiger partial charge is 0.279 e. The summed E-state index contributed by atoms with van der Waals surface area (Å²) in [7, 11) is 0. The number of nitrogens with zero attached hydrogens (tertiary/aromatic N) is 1. The van der Waals surface area contributed by atoms with Crippen LogP contribution in [0.5, 0.6) is 0 Å². The largest absolute Gasteiger partial charge is 0.345 e. The van der Waals surface area contributed by atoms with Gasteiger partial charge in [-0.05, 0) is 44.9 Å². The Kier molecular flexibility index (Phi) is 6.27. The van der Waals surface area contributed by atoms with Crippen LogP contribution in [-0.4, -0.2) is 55.5 Å². The monoisotopic (exact) mass is 430 g/mol. The number of amides is 1. The molecule has 30 heavy (non-hydrogen) atoms. The van der Waals surface area contributed by atoms with Gasteiger partial charge in [0.25, 0.3) is 5.91 Å². The van der Waals surface area contributed by atoms with Crippen LogP contribution in [-0.2, 0) is 4.79 Å². The molecule has 2 heterocycles. The molecule has 2 fully saturated rings. The molecule has 0 radical (unpaired) electrons. The van der Waals surface area contributed by atoms with E-state index in [-0.39, 0.29) is 11.7 Å². The minimum atomic E-state index is -0.0230. The molecular formula is C23H31ClN4O2+2. The van der Waals surface area contributed by atoms with Crippen LogP contribution in [0.3, 0.4) is 0 Å². The Morgan fingerprint density at radius 3 is 2.33 bits per heavy atom. The molecule has 1 aliphatic heterocycles. The molecule has 0 unspecified atom stereocenters. The van der Waals surface area contributed by atoms with Gasteiger partial charge >= 0.3 is 0 Å². The number of piperazine rings is 1. The molecule has 7 heteroatoms. The summed E-state index contributed by atoms with van der Waals surface area (Å²) < 4.78 is 2.34. The number of aromatic nitrogens is 1. The minimum absolute atomic E-state index is 0.0230. The fourth-order valence-electron chi connectivity index (χ4n) is 4.57. The zero-order valence-electron chi connectivity index (χ0n) is 17.8. The fourth-order valence-corrected chi connectivity index (χ4v) is 4.75. The zero-order chi connectivity index (χ0) is 21.3. The van der Waals surface area contributed by atoms with Crippen molar-refractivity contribution in [2.75, 3.05) is 44.6 Å². The molecular weight excluding hydrogens is 400 g/mol. The number of para-hydroxylation sites is 1. The summed E-state index contributed by atoms with van der Waals surface area (Å²) in [5.74, 6) is 0.218. The highest BCUT2D eigenvalue weighted by Gasteiger charge is 2.31. The SMILES string of the molecule is Cc1cc(C(=O)C[NH+]2CC[NH+](CC(=O)Nc3ccccc3Cl)CC2)c(C)n1C1CC1. The van der Waals surface area contributed by atoms with Gasteiger partial charge < -0.3 is 19.7 Å². The Morgan fingerprint density at radius 1 is 1.07 bits per heavy atom. The number of quaternary nitrogens is 2. The number of nitrogens with one attached hydrogen (secondary N) is 3. The number of carbonyl (C=O) groups excluding carboxylic acids is 2. The summed E-state index contributed by atoms with van der Waals surface area (Å²) in [6.07, 6.45) is 2.45. The van der Waals surface area contributed by atoms with Crippen molar-refractivity contribution >= 4 is 29.0 Å². The zero-order valence-corrected chi connectivity index (χ0v) is 18.5. The van der Waals surface area contributed by atoms with Gasteiger partial charge in [-0.2, -0.15) is 0 Å². The van der Waals surface area contributed by atoms with E-state index in [1.54, 1.807) is 6.07 Å². The number of ketones is 1. The summed E-state index contributed by atoms with van der Waals surface area (Å²) in [5.41, 5.74) is 3.87. The highest BCUT2D eigenvalue weighted by atomic mass is 35.5. The van der Waals surface area contributed by atoms with Crippen LogP contribution in [0.1, 0.15) is 40.6 Å². The maximum atomic E-state index is 12.9. The lowest BCUT2D eigenvalue weighted by Crippen LogP contribution is -3.28. The van der Waals surface area contributed by atoms with E-state index in [1.807, 2.05) is 18.2 Å². The number of hydrogen-bond donors (Lipinski definition) is 3. The Bertz CT molecular complexity index is 943. The second-order valence-electron chi connectivity index (χ2n) is 8.69. The lowest BCUT2D eigenvalue weighted by Gasteiger charge is -2.29. The molecule has 1 saturated carbocycles. The van der Waals surface area contributed by atoms with Gasteiger partial charge in [0.15, 0.2) is 6.54 Å². The van der Waals surface area contributed by atoms with Crippen molar-refractivity contribution < 1.29 is 19.4 Å². The summed E-state index contributed by atoms with van der Waals surface area (Å²) in [6.45, 7) is 8.73. The summed E-state index contributed by atoms with van der Waals surface area (Å²) in [5, 5.41) is 3.45. The van der Waals surface area contributed by atoms with Crippen molar-refractivity contribution in [1.82, 2.24) is 4.57 Å². The molecule has 1 amide bonds. The lowest BCUT2D eigenvalue weighted by atomic mass is 10.1. The first-order chi connectivity index (χ1) is 14.4. The molecule has 0 bridgehead atoms. The van der Waals surface area contributed by atoms with Crippen molar-refractivity contribution in [2.45, 2.75) is 32.7 Å². The second-order valence-corrected chi connectivity index (χ2v) is 9.10. The average molecular weight is 431 g/mol. The highest BCUT2D eigenvalue weighted by molar-refractivity contribution is 6.33. The average Bonchev–Trinajstić information content (AvgIpc) is 3.49. The quantitative estimate of drug-likeness (QED) is 0.566. The predicted molar refractivity (Wildman–Crippen MR) is 118 cm³/mol. The highest BCUT2D eigenvalue weighted by Crippen LogP contribution is 2.38. The van der Waals surface area contributed by atoms with Gasteiger partial charge in [-0.3, -0.25) is 9.59 Å². The molecule has 1 aliphatic carbocycles. The van der Waals surface area contributed by atoms with E-state index < -0.39 is 0 Å². The summed E-state index contributed by atoms with van der Waals surface area (Å²) >= 11 is 6.11. The van der Waals surface area contributed by atoms with Crippen molar-refractivity contribution in [3.8, 4) is 0 Å². The van der Waals surface area contributed by atoms with Crippen LogP contribution < -0.4 is 15.1 Å². The molecule has 1 aromatic carbocycles.